The molecule has 28 heavy (non-hydrogen) atoms. The third-order valence-electron chi connectivity index (χ3n) is 3.69. The van der Waals surface area contributed by atoms with Gasteiger partial charge in [-0.15, -0.1) is 11.8 Å². The fraction of sp³-hybridized carbons (Fsp3) is 0.333. The minimum absolute atomic E-state index is 0.283. The van der Waals surface area contributed by atoms with E-state index in [9.17, 15) is 9.59 Å². The highest BCUT2D eigenvalue weighted by molar-refractivity contribution is 7.98. The summed E-state index contributed by atoms with van der Waals surface area (Å²) in [6.45, 7) is 4.25. The quantitative estimate of drug-likeness (QED) is 0.498. The second-order valence-electron chi connectivity index (χ2n) is 6.40. The minimum Gasteiger partial charge on any atom is -0.493 e. The lowest BCUT2D eigenvalue weighted by Crippen LogP contribution is -2.21. The second kappa shape index (κ2) is 10.6. The summed E-state index contributed by atoms with van der Waals surface area (Å²) in [6, 6.07) is 12.2. The molecule has 0 fully saturated rings. The van der Waals surface area contributed by atoms with Crippen molar-refractivity contribution in [2.75, 3.05) is 31.9 Å². The molecule has 0 aliphatic heterocycles. The van der Waals surface area contributed by atoms with Crippen LogP contribution in [0.1, 0.15) is 24.2 Å². The van der Waals surface area contributed by atoms with E-state index in [-0.39, 0.29) is 12.2 Å². The summed E-state index contributed by atoms with van der Waals surface area (Å²) in [5.74, 6) is 0.345. The Morgan fingerprint density at radius 2 is 1.86 bits per heavy atom. The first-order valence-corrected chi connectivity index (χ1v) is 10.1. The molecule has 0 atom stereocenters. The van der Waals surface area contributed by atoms with Crippen LogP contribution in [0.15, 0.2) is 47.4 Å². The van der Waals surface area contributed by atoms with Gasteiger partial charge < -0.3 is 19.5 Å². The Kier molecular flexibility index (Phi) is 8.19. The number of para-hydroxylation sites is 1. The van der Waals surface area contributed by atoms with Crippen LogP contribution in [0.4, 0.5) is 5.69 Å². The molecule has 2 aromatic carbocycles. The molecule has 2 rings (SSSR count). The Hall–Kier alpha value is -2.67. The zero-order valence-electron chi connectivity index (χ0n) is 16.5. The minimum atomic E-state index is -0.609. The van der Waals surface area contributed by atoms with Crippen LogP contribution < -0.4 is 14.8 Å². The molecule has 0 saturated carbocycles. The third-order valence-corrected chi connectivity index (χ3v) is 4.48. The molecule has 2 aromatic rings. The summed E-state index contributed by atoms with van der Waals surface area (Å²) in [5.41, 5.74) is 0.968. The average molecular weight is 404 g/mol. The zero-order valence-corrected chi connectivity index (χ0v) is 17.3. The number of benzene rings is 2. The van der Waals surface area contributed by atoms with Gasteiger partial charge in [-0.25, -0.2) is 4.79 Å². The van der Waals surface area contributed by atoms with Crippen LogP contribution in [0, 0.1) is 5.92 Å². The smallest absolute Gasteiger partial charge is 0.338 e. The van der Waals surface area contributed by atoms with Gasteiger partial charge in [0.25, 0.3) is 5.91 Å². The largest absolute Gasteiger partial charge is 0.493 e. The first-order chi connectivity index (χ1) is 13.4. The molecule has 1 N–H and O–H groups in total. The van der Waals surface area contributed by atoms with Crippen LogP contribution >= 0.6 is 11.8 Å². The Morgan fingerprint density at radius 3 is 2.54 bits per heavy atom. The predicted octanol–water partition coefficient (Wildman–Crippen LogP) is 4.25. The van der Waals surface area contributed by atoms with E-state index in [2.05, 4.69) is 5.32 Å². The number of anilines is 1. The summed E-state index contributed by atoms with van der Waals surface area (Å²) >= 11 is 1.52. The van der Waals surface area contributed by atoms with Gasteiger partial charge in [0.1, 0.15) is 0 Å². The average Bonchev–Trinajstić information content (AvgIpc) is 2.70. The van der Waals surface area contributed by atoms with Gasteiger partial charge in [0.05, 0.1) is 25.0 Å². The number of hydrogen-bond acceptors (Lipinski definition) is 6. The van der Waals surface area contributed by atoms with E-state index >= 15 is 0 Å². The van der Waals surface area contributed by atoms with E-state index in [0.717, 1.165) is 4.90 Å². The third kappa shape index (κ3) is 6.20. The molecule has 0 bridgehead atoms. The molecule has 0 aromatic heterocycles. The van der Waals surface area contributed by atoms with Crippen molar-refractivity contribution in [3.8, 4) is 11.5 Å². The van der Waals surface area contributed by atoms with Crippen molar-refractivity contribution in [3.05, 3.63) is 48.0 Å². The Balaban J connectivity index is 1.96. The van der Waals surface area contributed by atoms with Gasteiger partial charge in [-0.05, 0) is 42.5 Å². The van der Waals surface area contributed by atoms with Crippen LogP contribution in [0.25, 0.3) is 0 Å². The van der Waals surface area contributed by atoms with Gasteiger partial charge in [-0.3, -0.25) is 4.79 Å². The number of carbonyl (C=O) groups excluding carboxylic acids is 2. The number of esters is 1. The summed E-state index contributed by atoms with van der Waals surface area (Å²) < 4.78 is 16.1. The highest BCUT2D eigenvalue weighted by Gasteiger charge is 2.15. The molecule has 0 aliphatic rings. The van der Waals surface area contributed by atoms with E-state index in [1.807, 2.05) is 38.3 Å². The maximum Gasteiger partial charge on any atom is 0.338 e. The van der Waals surface area contributed by atoms with Crippen molar-refractivity contribution in [1.29, 1.82) is 0 Å². The van der Waals surface area contributed by atoms with Gasteiger partial charge in [0.2, 0.25) is 0 Å². The SMILES string of the molecule is COc1cc(C(=O)OCC(=O)Nc2ccccc2SC)ccc1OCC(C)C. The Bertz CT molecular complexity index is 822. The molecule has 1 amide bonds. The zero-order chi connectivity index (χ0) is 20.5. The number of carbonyl (C=O) groups is 2. The molecule has 150 valence electrons. The number of nitrogens with one attached hydrogen (secondary N) is 1. The molecule has 0 saturated heterocycles. The maximum atomic E-state index is 12.3. The highest BCUT2D eigenvalue weighted by Crippen LogP contribution is 2.29. The molecule has 0 unspecified atom stereocenters. The van der Waals surface area contributed by atoms with Crippen molar-refractivity contribution in [2.24, 2.45) is 5.92 Å². The molecule has 0 radical (unpaired) electrons. The van der Waals surface area contributed by atoms with Gasteiger partial charge in [0, 0.05) is 4.90 Å². The number of rotatable bonds is 9. The first-order valence-electron chi connectivity index (χ1n) is 8.85. The number of thioether (sulfide) groups is 1. The van der Waals surface area contributed by atoms with Gasteiger partial charge >= 0.3 is 5.97 Å². The summed E-state index contributed by atoms with van der Waals surface area (Å²) in [4.78, 5) is 25.3. The highest BCUT2D eigenvalue weighted by atomic mass is 32.2. The first kappa shape index (κ1) is 21.6. The summed E-state index contributed by atoms with van der Waals surface area (Å²) in [6.07, 6.45) is 1.92. The molecule has 0 spiro atoms. The lowest BCUT2D eigenvalue weighted by atomic mass is 10.2. The Labute approximate surface area is 169 Å². The van der Waals surface area contributed by atoms with Crippen molar-refractivity contribution < 1.29 is 23.8 Å². The fourth-order valence-corrected chi connectivity index (χ4v) is 2.87. The van der Waals surface area contributed by atoms with E-state index in [1.54, 1.807) is 24.3 Å². The molecule has 6 nitrogen and oxygen atoms in total. The number of hydrogen-bond donors (Lipinski definition) is 1. The maximum absolute atomic E-state index is 12.3. The van der Waals surface area contributed by atoms with Gasteiger partial charge in [-0.2, -0.15) is 0 Å². The van der Waals surface area contributed by atoms with E-state index in [1.165, 1.54) is 18.9 Å². The predicted molar refractivity (Wildman–Crippen MR) is 110 cm³/mol. The van der Waals surface area contributed by atoms with Crippen molar-refractivity contribution in [1.82, 2.24) is 0 Å². The molecule has 7 heteroatoms. The molecule has 0 aliphatic carbocycles. The Morgan fingerprint density at radius 1 is 1.11 bits per heavy atom. The molecular weight excluding hydrogens is 378 g/mol. The topological polar surface area (TPSA) is 73.9 Å². The standard InChI is InChI=1S/C21H25NO5S/c1-14(2)12-26-17-10-9-15(11-18(17)25-3)21(24)27-13-20(23)22-16-7-5-6-8-19(16)28-4/h5-11,14H,12-13H2,1-4H3,(H,22,23). The fourth-order valence-electron chi connectivity index (χ4n) is 2.32. The van der Waals surface area contributed by atoms with E-state index in [4.69, 9.17) is 14.2 Å². The van der Waals surface area contributed by atoms with E-state index < -0.39 is 11.9 Å². The molecule has 0 heterocycles. The van der Waals surface area contributed by atoms with Crippen molar-refractivity contribution in [2.45, 2.75) is 18.7 Å². The number of ether oxygens (including phenoxy) is 3. The van der Waals surface area contributed by atoms with Gasteiger partial charge in [0.15, 0.2) is 18.1 Å². The lowest BCUT2D eigenvalue weighted by molar-refractivity contribution is -0.119. The second-order valence-corrected chi connectivity index (χ2v) is 7.24. The van der Waals surface area contributed by atoms with Crippen molar-refractivity contribution >= 4 is 29.3 Å². The monoisotopic (exact) mass is 403 g/mol. The lowest BCUT2D eigenvalue weighted by Gasteiger charge is -2.13. The van der Waals surface area contributed by atoms with Crippen LogP contribution in [-0.2, 0) is 9.53 Å². The van der Waals surface area contributed by atoms with E-state index in [0.29, 0.717) is 29.7 Å². The molecular formula is C21H25NO5S. The van der Waals surface area contributed by atoms with Crippen molar-refractivity contribution in [3.63, 3.8) is 0 Å². The van der Waals surface area contributed by atoms with Crippen LogP contribution in [0.2, 0.25) is 0 Å². The summed E-state index contributed by atoms with van der Waals surface area (Å²) in [7, 11) is 1.50. The summed E-state index contributed by atoms with van der Waals surface area (Å²) in [5, 5.41) is 2.75. The number of amides is 1. The van der Waals surface area contributed by atoms with Gasteiger partial charge in [-0.1, -0.05) is 26.0 Å². The van der Waals surface area contributed by atoms with Crippen LogP contribution in [-0.4, -0.2) is 38.5 Å². The van der Waals surface area contributed by atoms with Crippen LogP contribution in [0.5, 0.6) is 11.5 Å². The number of methoxy groups -OCH3 is 1. The van der Waals surface area contributed by atoms with Crippen LogP contribution in [0.3, 0.4) is 0 Å². The normalized spacial score (nSPS) is 10.5.